The normalized spacial score (nSPS) is 10.7. The number of halogens is 1. The van der Waals surface area contributed by atoms with Gasteiger partial charge in [0.1, 0.15) is 17.9 Å². The van der Waals surface area contributed by atoms with Gasteiger partial charge in [0.15, 0.2) is 0 Å². The molecule has 0 radical (unpaired) electrons. The van der Waals surface area contributed by atoms with Crippen LogP contribution in [0.5, 0.6) is 11.6 Å². The Bertz CT molecular complexity index is 691. The molecule has 2 rings (SSSR count). The van der Waals surface area contributed by atoms with Crippen LogP contribution in [0, 0.1) is 10.1 Å². The second-order valence-electron chi connectivity index (χ2n) is 4.61. The van der Waals surface area contributed by atoms with Gasteiger partial charge in [-0.1, -0.05) is 25.4 Å². The van der Waals surface area contributed by atoms with Crippen LogP contribution in [0.3, 0.4) is 0 Å². The number of hydrogen-bond donors (Lipinski definition) is 1. The SMILES string of the molecule is CC(C)c1c(N)ncnc1Oc1ccc([N+](=O)[O-])cc1Cl. The average molecular weight is 309 g/mol. The Hall–Kier alpha value is -2.41. The van der Waals surface area contributed by atoms with Crippen molar-refractivity contribution in [3.8, 4) is 11.6 Å². The number of nitro groups is 1. The number of non-ortho nitro benzene ring substituents is 1. The van der Waals surface area contributed by atoms with Crippen molar-refractivity contribution in [3.05, 3.63) is 45.2 Å². The number of anilines is 1. The van der Waals surface area contributed by atoms with Crippen molar-refractivity contribution >= 4 is 23.1 Å². The summed E-state index contributed by atoms with van der Waals surface area (Å²) in [5, 5.41) is 10.8. The fourth-order valence-corrected chi connectivity index (χ4v) is 2.02. The molecule has 0 spiro atoms. The van der Waals surface area contributed by atoms with Crippen LogP contribution in [0.1, 0.15) is 25.3 Å². The van der Waals surface area contributed by atoms with E-state index < -0.39 is 4.92 Å². The highest BCUT2D eigenvalue weighted by atomic mass is 35.5. The van der Waals surface area contributed by atoms with Crippen molar-refractivity contribution in [3.63, 3.8) is 0 Å². The van der Waals surface area contributed by atoms with Crippen LogP contribution in [-0.4, -0.2) is 14.9 Å². The lowest BCUT2D eigenvalue weighted by Crippen LogP contribution is -2.04. The van der Waals surface area contributed by atoms with E-state index in [9.17, 15) is 10.1 Å². The van der Waals surface area contributed by atoms with Gasteiger partial charge in [-0.05, 0) is 12.0 Å². The largest absolute Gasteiger partial charge is 0.437 e. The van der Waals surface area contributed by atoms with Crippen molar-refractivity contribution < 1.29 is 9.66 Å². The average Bonchev–Trinajstić information content (AvgIpc) is 2.40. The monoisotopic (exact) mass is 308 g/mol. The molecule has 0 fully saturated rings. The quantitative estimate of drug-likeness (QED) is 0.684. The van der Waals surface area contributed by atoms with Crippen LogP contribution in [0.25, 0.3) is 0 Å². The molecule has 0 aliphatic carbocycles. The lowest BCUT2D eigenvalue weighted by Gasteiger charge is -2.14. The summed E-state index contributed by atoms with van der Waals surface area (Å²) in [4.78, 5) is 18.1. The van der Waals surface area contributed by atoms with Gasteiger partial charge in [-0.15, -0.1) is 0 Å². The van der Waals surface area contributed by atoms with Gasteiger partial charge in [-0.25, -0.2) is 9.97 Å². The summed E-state index contributed by atoms with van der Waals surface area (Å²) in [6.45, 7) is 3.86. The molecule has 8 heteroatoms. The standard InChI is InChI=1S/C13H13ClN4O3/c1-7(2)11-12(15)16-6-17-13(11)21-10-4-3-8(18(19)20)5-9(10)14/h3-7H,1-2H3,(H2,15,16,17). The summed E-state index contributed by atoms with van der Waals surface area (Å²) < 4.78 is 5.63. The van der Waals surface area contributed by atoms with E-state index in [4.69, 9.17) is 22.1 Å². The number of ether oxygens (including phenoxy) is 1. The second-order valence-corrected chi connectivity index (χ2v) is 5.01. The number of hydrogen-bond acceptors (Lipinski definition) is 6. The van der Waals surface area contributed by atoms with Gasteiger partial charge >= 0.3 is 0 Å². The lowest BCUT2D eigenvalue weighted by atomic mass is 10.1. The van der Waals surface area contributed by atoms with Crippen LogP contribution >= 0.6 is 11.6 Å². The van der Waals surface area contributed by atoms with Gasteiger partial charge in [-0.2, -0.15) is 0 Å². The third-order valence-electron chi connectivity index (χ3n) is 2.79. The maximum Gasteiger partial charge on any atom is 0.271 e. The molecule has 0 saturated heterocycles. The van der Waals surface area contributed by atoms with Crippen LogP contribution in [-0.2, 0) is 0 Å². The zero-order valence-corrected chi connectivity index (χ0v) is 12.2. The van der Waals surface area contributed by atoms with E-state index in [1.165, 1.54) is 24.5 Å². The highest BCUT2D eigenvalue weighted by Crippen LogP contribution is 2.35. The van der Waals surface area contributed by atoms with E-state index in [0.717, 1.165) is 0 Å². The predicted molar refractivity (Wildman–Crippen MR) is 78.7 cm³/mol. The number of benzene rings is 1. The number of nitrogens with zero attached hydrogens (tertiary/aromatic N) is 3. The first-order chi connectivity index (χ1) is 9.90. The van der Waals surface area contributed by atoms with Gasteiger partial charge in [0.05, 0.1) is 15.5 Å². The molecule has 110 valence electrons. The van der Waals surface area contributed by atoms with Gasteiger partial charge in [0.2, 0.25) is 5.88 Å². The Morgan fingerprint density at radius 2 is 2.10 bits per heavy atom. The fourth-order valence-electron chi connectivity index (χ4n) is 1.81. The van der Waals surface area contributed by atoms with Crippen LogP contribution in [0.2, 0.25) is 5.02 Å². The van der Waals surface area contributed by atoms with E-state index in [-0.39, 0.29) is 28.3 Å². The number of rotatable bonds is 4. The first-order valence-corrected chi connectivity index (χ1v) is 6.50. The molecule has 2 aromatic rings. The first-order valence-electron chi connectivity index (χ1n) is 6.12. The molecule has 1 aromatic heterocycles. The minimum Gasteiger partial charge on any atom is -0.437 e. The molecule has 21 heavy (non-hydrogen) atoms. The topological polar surface area (TPSA) is 104 Å². The Balaban J connectivity index is 2.39. The number of nitro benzene ring substituents is 1. The molecule has 0 aliphatic rings. The smallest absolute Gasteiger partial charge is 0.271 e. The number of nitrogen functional groups attached to an aromatic ring is 1. The third-order valence-corrected chi connectivity index (χ3v) is 3.08. The molecule has 0 amide bonds. The maximum atomic E-state index is 10.7. The summed E-state index contributed by atoms with van der Waals surface area (Å²) in [7, 11) is 0. The van der Waals surface area contributed by atoms with E-state index in [0.29, 0.717) is 11.4 Å². The number of aromatic nitrogens is 2. The summed E-state index contributed by atoms with van der Waals surface area (Å²) in [5.74, 6) is 0.932. The molecule has 0 aliphatic heterocycles. The summed E-state index contributed by atoms with van der Waals surface area (Å²) in [5.41, 5.74) is 6.37. The zero-order valence-electron chi connectivity index (χ0n) is 11.4. The minimum absolute atomic E-state index is 0.0537. The van der Waals surface area contributed by atoms with E-state index in [2.05, 4.69) is 9.97 Å². The zero-order chi connectivity index (χ0) is 15.6. The molecule has 0 unspecified atom stereocenters. The van der Waals surface area contributed by atoms with Crippen molar-refractivity contribution in [2.45, 2.75) is 19.8 Å². The van der Waals surface area contributed by atoms with E-state index in [1.54, 1.807) is 0 Å². The van der Waals surface area contributed by atoms with Gasteiger partial charge in [0, 0.05) is 12.1 Å². The highest BCUT2D eigenvalue weighted by molar-refractivity contribution is 6.32. The Labute approximate surface area is 125 Å². The van der Waals surface area contributed by atoms with Crippen molar-refractivity contribution in [2.75, 3.05) is 5.73 Å². The second kappa shape index (κ2) is 5.92. The van der Waals surface area contributed by atoms with E-state index >= 15 is 0 Å². The van der Waals surface area contributed by atoms with Crippen molar-refractivity contribution in [1.29, 1.82) is 0 Å². The predicted octanol–water partition coefficient (Wildman–Crippen LogP) is 3.54. The highest BCUT2D eigenvalue weighted by Gasteiger charge is 2.17. The number of nitrogens with two attached hydrogens (primary N) is 1. The molecule has 1 heterocycles. The summed E-state index contributed by atoms with van der Waals surface area (Å²) in [6.07, 6.45) is 1.29. The van der Waals surface area contributed by atoms with Gasteiger partial charge in [-0.3, -0.25) is 10.1 Å². The summed E-state index contributed by atoms with van der Waals surface area (Å²) >= 11 is 5.99. The van der Waals surface area contributed by atoms with Crippen LogP contribution < -0.4 is 10.5 Å². The Kier molecular flexibility index (Phi) is 4.23. The Morgan fingerprint density at radius 3 is 2.67 bits per heavy atom. The molecule has 0 saturated carbocycles. The molecule has 1 aromatic carbocycles. The third kappa shape index (κ3) is 3.19. The van der Waals surface area contributed by atoms with Crippen LogP contribution in [0.4, 0.5) is 11.5 Å². The minimum atomic E-state index is -0.530. The molecule has 2 N–H and O–H groups in total. The van der Waals surface area contributed by atoms with Gasteiger partial charge in [0.25, 0.3) is 5.69 Å². The molecular formula is C13H13ClN4O3. The lowest BCUT2D eigenvalue weighted by molar-refractivity contribution is -0.384. The first kappa shape index (κ1) is 15.0. The maximum absolute atomic E-state index is 10.7. The van der Waals surface area contributed by atoms with Crippen molar-refractivity contribution in [2.24, 2.45) is 0 Å². The Morgan fingerprint density at radius 1 is 1.38 bits per heavy atom. The molecule has 7 nitrogen and oxygen atoms in total. The molecular weight excluding hydrogens is 296 g/mol. The fraction of sp³-hybridized carbons (Fsp3) is 0.231. The van der Waals surface area contributed by atoms with Gasteiger partial charge < -0.3 is 10.5 Å². The summed E-state index contributed by atoms with van der Waals surface area (Å²) in [6, 6.07) is 3.94. The molecule has 0 bridgehead atoms. The van der Waals surface area contributed by atoms with Crippen molar-refractivity contribution in [1.82, 2.24) is 9.97 Å². The van der Waals surface area contributed by atoms with Crippen LogP contribution in [0.15, 0.2) is 24.5 Å². The molecule has 0 atom stereocenters. The van der Waals surface area contributed by atoms with E-state index in [1.807, 2.05) is 13.8 Å².